The zero-order chi connectivity index (χ0) is 10.8. The summed E-state index contributed by atoms with van der Waals surface area (Å²) in [6, 6.07) is 6.75. The van der Waals surface area contributed by atoms with Gasteiger partial charge in [-0.05, 0) is 0 Å². The van der Waals surface area contributed by atoms with Gasteiger partial charge >= 0.3 is 104 Å². The standard InChI is InChI=1S/C14H15.3ClH.Ti/c1-11-7-8-14(12(2)9-11)10-13-5-3-4-6-13;;;;/h3-4,7-9H,5,10H2,1-2H3;3*1H;/q;;;;+3/p-3. The fourth-order valence-electron chi connectivity index (χ4n) is 1.99. The van der Waals surface area contributed by atoms with Gasteiger partial charge in [0.25, 0.3) is 0 Å². The first-order valence-electron chi connectivity index (χ1n) is 5.33. The van der Waals surface area contributed by atoms with E-state index in [0.717, 1.165) is 12.8 Å². The van der Waals surface area contributed by atoms with Gasteiger partial charge in [-0.3, -0.25) is 0 Å². The van der Waals surface area contributed by atoms with Crippen molar-refractivity contribution in [2.24, 2.45) is 0 Å². The predicted octanol–water partition coefficient (Wildman–Crippen LogP) is -5.38. The number of rotatable bonds is 2. The van der Waals surface area contributed by atoms with E-state index in [2.05, 4.69) is 64.6 Å². The summed E-state index contributed by atoms with van der Waals surface area (Å²) in [5.74, 6) is 0. The number of hydrogen-bond acceptors (Lipinski definition) is 0. The van der Waals surface area contributed by atoms with E-state index in [9.17, 15) is 0 Å². The SMILES string of the molecule is Cc1ccc(CC2=[C]([Ti+3])C=CC2)c(C)c1.[Cl-].[Cl-].[Cl-]. The molecule has 0 atom stereocenters. The quantitative estimate of drug-likeness (QED) is 0.473. The molecule has 0 nitrogen and oxygen atoms in total. The zero-order valence-electron chi connectivity index (χ0n) is 10.4. The van der Waals surface area contributed by atoms with Crippen molar-refractivity contribution in [2.75, 3.05) is 0 Å². The van der Waals surface area contributed by atoms with Crippen molar-refractivity contribution in [1.82, 2.24) is 0 Å². The minimum absolute atomic E-state index is 0. The molecule has 0 aromatic heterocycles. The molecule has 0 unspecified atom stereocenters. The summed E-state index contributed by atoms with van der Waals surface area (Å²) in [6.07, 6.45) is 6.75. The Hall–Kier alpha value is 0.284. The molecule has 1 aromatic carbocycles. The zero-order valence-corrected chi connectivity index (χ0v) is 14.3. The molecule has 4 heteroatoms. The molecule has 0 heterocycles. The van der Waals surface area contributed by atoms with Crippen molar-refractivity contribution >= 4 is 0 Å². The van der Waals surface area contributed by atoms with Crippen LogP contribution in [0.1, 0.15) is 23.1 Å². The molecule has 1 aliphatic carbocycles. The Morgan fingerprint density at radius 2 is 1.78 bits per heavy atom. The van der Waals surface area contributed by atoms with Gasteiger partial charge < -0.3 is 37.2 Å². The average molecular weight is 338 g/mol. The Morgan fingerprint density at radius 3 is 2.28 bits per heavy atom. The number of aryl methyl sites for hydroxylation is 2. The Kier molecular flexibility index (Phi) is 10.6. The number of allylic oxidation sites excluding steroid dienone is 4. The first-order chi connectivity index (χ1) is 7.16. The Balaban J connectivity index is 0. The minimum Gasteiger partial charge on any atom is -1.00 e. The van der Waals surface area contributed by atoms with E-state index in [1.165, 1.54) is 20.6 Å². The van der Waals surface area contributed by atoms with E-state index in [1.807, 2.05) is 0 Å². The molecule has 0 saturated heterocycles. The third-order valence-corrected chi connectivity index (χ3v) is 3.74. The van der Waals surface area contributed by atoms with Gasteiger partial charge in [0, 0.05) is 0 Å². The normalized spacial score (nSPS) is 12.7. The van der Waals surface area contributed by atoms with E-state index >= 15 is 0 Å². The van der Waals surface area contributed by atoms with Crippen LogP contribution in [0, 0.1) is 13.8 Å². The molecule has 0 N–H and O–H groups in total. The molecule has 0 bridgehead atoms. The van der Waals surface area contributed by atoms with Crippen LogP contribution in [0.3, 0.4) is 0 Å². The largest absolute Gasteiger partial charge is 1.00 e. The molecule has 1 aromatic rings. The molecule has 0 amide bonds. The molecule has 0 fully saturated rings. The summed E-state index contributed by atoms with van der Waals surface area (Å²) in [5.41, 5.74) is 5.81. The summed E-state index contributed by atoms with van der Waals surface area (Å²) in [6.45, 7) is 4.36. The van der Waals surface area contributed by atoms with E-state index in [4.69, 9.17) is 0 Å². The van der Waals surface area contributed by atoms with Crippen LogP contribution < -0.4 is 37.2 Å². The maximum Gasteiger partial charge on any atom is -1.00 e. The molecule has 96 valence electrons. The summed E-state index contributed by atoms with van der Waals surface area (Å²) in [4.78, 5) is 0. The van der Waals surface area contributed by atoms with Gasteiger partial charge in [0.1, 0.15) is 0 Å². The fourth-order valence-corrected chi connectivity index (χ4v) is 2.47. The topological polar surface area (TPSA) is 0 Å². The fraction of sp³-hybridized carbons (Fsp3) is 0.286. The monoisotopic (exact) mass is 336 g/mol. The molecule has 0 spiro atoms. The van der Waals surface area contributed by atoms with E-state index in [0.29, 0.717) is 0 Å². The smallest absolute Gasteiger partial charge is 1.00 e. The summed E-state index contributed by atoms with van der Waals surface area (Å²) in [5, 5.41) is 0. The second kappa shape index (κ2) is 9.23. The van der Waals surface area contributed by atoms with Crippen LogP contribution in [0.15, 0.2) is 39.8 Å². The third-order valence-electron chi connectivity index (χ3n) is 2.93. The van der Waals surface area contributed by atoms with Gasteiger partial charge in [0.05, 0.1) is 0 Å². The van der Waals surface area contributed by atoms with Gasteiger partial charge in [-0.25, -0.2) is 0 Å². The average Bonchev–Trinajstić information content (AvgIpc) is 2.57. The van der Waals surface area contributed by atoms with Gasteiger partial charge in [0.2, 0.25) is 0 Å². The summed E-state index contributed by atoms with van der Waals surface area (Å²) < 4.78 is 1.45. The van der Waals surface area contributed by atoms with Crippen LogP contribution in [0.25, 0.3) is 0 Å². The molecule has 2 rings (SSSR count). The van der Waals surface area contributed by atoms with Crippen molar-refractivity contribution in [3.8, 4) is 0 Å². The predicted molar refractivity (Wildman–Crippen MR) is 60.4 cm³/mol. The molecule has 0 aliphatic heterocycles. The Labute approximate surface area is 140 Å². The molecule has 0 saturated carbocycles. The number of halogens is 3. The van der Waals surface area contributed by atoms with Crippen LogP contribution in [0.4, 0.5) is 0 Å². The van der Waals surface area contributed by atoms with Gasteiger partial charge in [0.15, 0.2) is 0 Å². The Morgan fingerprint density at radius 1 is 1.11 bits per heavy atom. The summed E-state index contributed by atoms with van der Waals surface area (Å²) >= 11 is 2.21. The van der Waals surface area contributed by atoms with E-state index < -0.39 is 0 Å². The molecule has 18 heavy (non-hydrogen) atoms. The van der Waals surface area contributed by atoms with Crippen LogP contribution >= 0.6 is 0 Å². The van der Waals surface area contributed by atoms with Crippen LogP contribution in [0.2, 0.25) is 0 Å². The first-order valence-corrected chi connectivity index (χ1v) is 6.11. The van der Waals surface area contributed by atoms with Crippen molar-refractivity contribution in [3.63, 3.8) is 0 Å². The van der Waals surface area contributed by atoms with Gasteiger partial charge in [-0.2, -0.15) is 0 Å². The van der Waals surface area contributed by atoms with Gasteiger partial charge in [-0.15, -0.1) is 0 Å². The summed E-state index contributed by atoms with van der Waals surface area (Å²) in [7, 11) is 0. The van der Waals surface area contributed by atoms with E-state index in [-0.39, 0.29) is 37.2 Å². The molecular formula is C14H15Cl3Ti. The molecule has 0 radical (unpaired) electrons. The molecular weight excluding hydrogens is 322 g/mol. The van der Waals surface area contributed by atoms with Crippen molar-refractivity contribution in [1.29, 1.82) is 0 Å². The second-order valence-corrected chi connectivity index (χ2v) is 5.07. The third kappa shape index (κ3) is 5.11. The van der Waals surface area contributed by atoms with Crippen molar-refractivity contribution in [3.05, 3.63) is 56.5 Å². The first kappa shape index (κ1) is 20.6. The maximum absolute atomic E-state index is 2.27. The van der Waals surface area contributed by atoms with Crippen LogP contribution in [-0.4, -0.2) is 0 Å². The maximum atomic E-state index is 2.27. The van der Waals surface area contributed by atoms with Crippen molar-refractivity contribution < 1.29 is 57.7 Å². The second-order valence-electron chi connectivity index (χ2n) is 4.23. The van der Waals surface area contributed by atoms with E-state index in [1.54, 1.807) is 5.57 Å². The molecule has 1 aliphatic rings. The number of benzene rings is 1. The van der Waals surface area contributed by atoms with Crippen LogP contribution in [-0.2, 0) is 26.9 Å². The van der Waals surface area contributed by atoms with Crippen LogP contribution in [0.5, 0.6) is 0 Å². The van der Waals surface area contributed by atoms with Crippen molar-refractivity contribution in [2.45, 2.75) is 26.7 Å². The minimum atomic E-state index is 0. The van der Waals surface area contributed by atoms with Gasteiger partial charge in [-0.1, -0.05) is 0 Å². The Bertz CT molecular complexity index is 450. The number of hydrogen-bond donors (Lipinski definition) is 0.